The second-order valence-corrected chi connectivity index (χ2v) is 5.21. The maximum Gasteiger partial charge on any atom is 0.416 e. The van der Waals surface area contributed by atoms with Crippen molar-refractivity contribution in [1.82, 2.24) is 10.6 Å². The Hall–Kier alpha value is -2.35. The number of hydrogen-bond donors (Lipinski definition) is 2. The Kier molecular flexibility index (Phi) is 8.13. The van der Waals surface area contributed by atoms with Crippen molar-refractivity contribution in [2.24, 2.45) is 0 Å². The van der Waals surface area contributed by atoms with E-state index in [1.165, 1.54) is 0 Å². The number of alkyl halides is 3. The molecule has 0 aliphatic rings. The van der Waals surface area contributed by atoms with Gasteiger partial charge in [-0.05, 0) is 37.6 Å². The van der Waals surface area contributed by atoms with Crippen LogP contribution in [0, 0.1) is 0 Å². The number of ether oxygens (including phenoxy) is 1. The Morgan fingerprint density at radius 1 is 1.20 bits per heavy atom. The molecule has 1 aromatic carbocycles. The van der Waals surface area contributed by atoms with Crippen LogP contribution in [-0.4, -0.2) is 37.6 Å². The predicted molar refractivity (Wildman–Crippen MR) is 87.0 cm³/mol. The molecule has 138 valence electrons. The molecule has 8 heteroatoms. The smallest absolute Gasteiger partial charge is 0.368 e. The van der Waals surface area contributed by atoms with Crippen molar-refractivity contribution in [3.63, 3.8) is 0 Å². The van der Waals surface area contributed by atoms with Crippen LogP contribution in [-0.2, 0) is 15.7 Å². The summed E-state index contributed by atoms with van der Waals surface area (Å²) in [4.78, 5) is 23.5. The number of hydrogen-bond acceptors (Lipinski definition) is 3. The van der Waals surface area contributed by atoms with Crippen molar-refractivity contribution in [3.05, 3.63) is 48.0 Å². The molecule has 1 unspecified atom stereocenters. The van der Waals surface area contributed by atoms with Crippen LogP contribution >= 0.6 is 0 Å². The number of amides is 2. The molecule has 0 aliphatic heterocycles. The molecule has 2 amide bonds. The molecule has 0 aliphatic carbocycles. The first kappa shape index (κ1) is 20.7. The average Bonchev–Trinajstić information content (AvgIpc) is 2.57. The number of benzene rings is 1. The quantitative estimate of drug-likeness (QED) is 0.527. The van der Waals surface area contributed by atoms with Crippen molar-refractivity contribution in [2.45, 2.75) is 25.6 Å². The molecule has 0 radical (unpaired) electrons. The molecule has 5 nitrogen and oxygen atoms in total. The lowest BCUT2D eigenvalue weighted by atomic mass is 10.1. The lowest BCUT2D eigenvalue weighted by Crippen LogP contribution is -2.39. The van der Waals surface area contributed by atoms with Gasteiger partial charge in [0.2, 0.25) is 5.91 Å². The molecule has 2 N–H and O–H groups in total. The van der Waals surface area contributed by atoms with E-state index in [-0.39, 0.29) is 24.6 Å². The van der Waals surface area contributed by atoms with Crippen molar-refractivity contribution in [1.29, 1.82) is 0 Å². The molecule has 0 heterocycles. The normalized spacial score (nSPS) is 12.3. The molecular formula is C17H21F3N2O3. The van der Waals surface area contributed by atoms with Crippen LogP contribution in [0.3, 0.4) is 0 Å². The monoisotopic (exact) mass is 358 g/mol. The summed E-state index contributed by atoms with van der Waals surface area (Å²) in [6.07, 6.45) is -2.74. The van der Waals surface area contributed by atoms with E-state index in [2.05, 4.69) is 17.2 Å². The summed E-state index contributed by atoms with van der Waals surface area (Å²) in [7, 11) is 0. The van der Waals surface area contributed by atoms with Crippen LogP contribution in [0.4, 0.5) is 13.2 Å². The van der Waals surface area contributed by atoms with Crippen LogP contribution in [0.1, 0.15) is 29.3 Å². The summed E-state index contributed by atoms with van der Waals surface area (Å²) in [5.74, 6) is -0.828. The van der Waals surface area contributed by atoms with Gasteiger partial charge in [0.05, 0.1) is 12.2 Å². The number of carbonyl (C=O) groups is 2. The summed E-state index contributed by atoms with van der Waals surface area (Å²) in [6, 6.07) is 3.90. The standard InChI is InChI=1S/C17H21F3N2O3/c1-3-4-11-25-12(2)15(23)21-9-10-22-16(24)13-5-7-14(8-6-13)17(18,19)20/h3,5-8,12H,1,4,9-11H2,2H3,(H,21,23)(H,22,24). The Morgan fingerprint density at radius 3 is 2.36 bits per heavy atom. The minimum absolute atomic E-state index is 0.112. The fraction of sp³-hybridized carbons (Fsp3) is 0.412. The van der Waals surface area contributed by atoms with E-state index in [0.717, 1.165) is 24.3 Å². The van der Waals surface area contributed by atoms with E-state index < -0.39 is 23.8 Å². The molecule has 25 heavy (non-hydrogen) atoms. The fourth-order valence-corrected chi connectivity index (χ4v) is 1.82. The van der Waals surface area contributed by atoms with Gasteiger partial charge in [-0.25, -0.2) is 0 Å². The second-order valence-electron chi connectivity index (χ2n) is 5.21. The van der Waals surface area contributed by atoms with E-state index in [1.807, 2.05) is 0 Å². The van der Waals surface area contributed by atoms with Gasteiger partial charge in [-0.1, -0.05) is 6.08 Å². The zero-order valence-electron chi connectivity index (χ0n) is 13.9. The van der Waals surface area contributed by atoms with Gasteiger partial charge >= 0.3 is 6.18 Å². The van der Waals surface area contributed by atoms with Crippen LogP contribution in [0.25, 0.3) is 0 Å². The third kappa shape index (κ3) is 7.38. The van der Waals surface area contributed by atoms with Crippen molar-refractivity contribution in [3.8, 4) is 0 Å². The first-order valence-electron chi connectivity index (χ1n) is 7.71. The van der Waals surface area contributed by atoms with Gasteiger partial charge < -0.3 is 15.4 Å². The number of halogens is 3. The molecule has 0 saturated heterocycles. The highest BCUT2D eigenvalue weighted by Crippen LogP contribution is 2.28. The van der Waals surface area contributed by atoms with E-state index >= 15 is 0 Å². The van der Waals surface area contributed by atoms with Crippen LogP contribution < -0.4 is 10.6 Å². The van der Waals surface area contributed by atoms with Gasteiger partial charge in [-0.15, -0.1) is 6.58 Å². The maximum absolute atomic E-state index is 12.5. The third-order valence-corrected chi connectivity index (χ3v) is 3.24. The number of nitrogens with one attached hydrogen (secondary N) is 2. The van der Waals surface area contributed by atoms with E-state index in [9.17, 15) is 22.8 Å². The Bertz CT molecular complexity index is 586. The molecule has 0 aromatic heterocycles. The summed E-state index contributed by atoms with van der Waals surface area (Å²) in [6.45, 7) is 5.87. The van der Waals surface area contributed by atoms with Gasteiger partial charge in [-0.2, -0.15) is 13.2 Å². The molecule has 0 fully saturated rings. The predicted octanol–water partition coefficient (Wildman–Crippen LogP) is 2.53. The highest BCUT2D eigenvalue weighted by Gasteiger charge is 2.30. The maximum atomic E-state index is 12.5. The highest BCUT2D eigenvalue weighted by molar-refractivity contribution is 5.94. The van der Waals surface area contributed by atoms with Crippen molar-refractivity contribution < 1.29 is 27.5 Å². The molecule has 0 bridgehead atoms. The summed E-state index contributed by atoms with van der Waals surface area (Å²) < 4.78 is 42.6. The third-order valence-electron chi connectivity index (χ3n) is 3.24. The Balaban J connectivity index is 2.32. The lowest BCUT2D eigenvalue weighted by Gasteiger charge is -2.13. The molecule has 0 spiro atoms. The first-order chi connectivity index (χ1) is 11.8. The second kappa shape index (κ2) is 9.83. The van der Waals surface area contributed by atoms with Crippen LogP contribution in [0.5, 0.6) is 0 Å². The lowest BCUT2D eigenvalue weighted by molar-refractivity contribution is -0.137. The van der Waals surface area contributed by atoms with E-state index in [0.29, 0.717) is 13.0 Å². The van der Waals surface area contributed by atoms with Gasteiger partial charge in [-0.3, -0.25) is 9.59 Å². The van der Waals surface area contributed by atoms with Gasteiger partial charge in [0.15, 0.2) is 0 Å². The van der Waals surface area contributed by atoms with Crippen molar-refractivity contribution >= 4 is 11.8 Å². The molecule has 0 saturated carbocycles. The number of rotatable bonds is 9. The topological polar surface area (TPSA) is 67.4 Å². The first-order valence-corrected chi connectivity index (χ1v) is 7.71. The molecular weight excluding hydrogens is 337 g/mol. The van der Waals surface area contributed by atoms with E-state index in [1.54, 1.807) is 13.0 Å². The Morgan fingerprint density at radius 2 is 1.80 bits per heavy atom. The summed E-state index contributed by atoms with van der Waals surface area (Å²) >= 11 is 0. The zero-order valence-corrected chi connectivity index (χ0v) is 13.9. The van der Waals surface area contributed by atoms with E-state index in [4.69, 9.17) is 4.74 Å². The summed E-state index contributed by atoms with van der Waals surface area (Å²) in [5, 5.41) is 5.11. The minimum Gasteiger partial charge on any atom is -0.368 e. The molecule has 1 aromatic rings. The van der Waals surface area contributed by atoms with Crippen molar-refractivity contribution in [2.75, 3.05) is 19.7 Å². The van der Waals surface area contributed by atoms with Gasteiger partial charge in [0, 0.05) is 18.7 Å². The fourth-order valence-electron chi connectivity index (χ4n) is 1.82. The zero-order chi connectivity index (χ0) is 18.9. The molecule has 1 rings (SSSR count). The largest absolute Gasteiger partial charge is 0.416 e. The SMILES string of the molecule is C=CCCOC(C)C(=O)NCCNC(=O)c1ccc(C(F)(F)F)cc1. The number of carbonyl (C=O) groups excluding carboxylic acids is 2. The molecule has 1 atom stereocenters. The van der Waals surface area contributed by atoms with Gasteiger partial charge in [0.1, 0.15) is 6.10 Å². The highest BCUT2D eigenvalue weighted by atomic mass is 19.4. The van der Waals surface area contributed by atoms with Crippen LogP contribution in [0.2, 0.25) is 0 Å². The van der Waals surface area contributed by atoms with Gasteiger partial charge in [0.25, 0.3) is 5.91 Å². The Labute approximate surface area is 144 Å². The minimum atomic E-state index is -4.44. The summed E-state index contributed by atoms with van der Waals surface area (Å²) in [5.41, 5.74) is -0.706. The van der Waals surface area contributed by atoms with Crippen LogP contribution in [0.15, 0.2) is 36.9 Å². The average molecular weight is 358 g/mol.